The van der Waals surface area contributed by atoms with E-state index >= 15 is 0 Å². The molecule has 0 saturated carbocycles. The van der Waals surface area contributed by atoms with Gasteiger partial charge in [-0.1, -0.05) is 23.7 Å². The minimum atomic E-state index is -0.291. The van der Waals surface area contributed by atoms with Crippen LogP contribution in [-0.4, -0.2) is 32.1 Å². The highest BCUT2D eigenvalue weighted by atomic mass is 35.5. The van der Waals surface area contributed by atoms with Crippen molar-refractivity contribution in [2.24, 2.45) is 0 Å². The van der Waals surface area contributed by atoms with Gasteiger partial charge in [0, 0.05) is 24.1 Å². The number of hydrogen-bond donors (Lipinski definition) is 0. The monoisotopic (exact) mass is 412 g/mol. The Bertz CT molecular complexity index is 1070. The first kappa shape index (κ1) is 19.4. The molecule has 0 bridgehead atoms. The predicted octanol–water partition coefficient (Wildman–Crippen LogP) is 3.15. The highest BCUT2D eigenvalue weighted by Gasteiger charge is 2.33. The molecule has 150 valence electrons. The molecule has 1 aliphatic rings. The first-order valence-corrected chi connectivity index (χ1v) is 9.91. The second-order valence-corrected chi connectivity index (χ2v) is 7.62. The van der Waals surface area contributed by atoms with E-state index in [2.05, 4.69) is 10.1 Å². The second kappa shape index (κ2) is 8.21. The molecule has 1 atom stereocenters. The van der Waals surface area contributed by atoms with E-state index in [4.69, 9.17) is 16.0 Å². The lowest BCUT2D eigenvalue weighted by molar-refractivity contribution is -0.133. The Balaban J connectivity index is 1.47. The topological polar surface area (TPSA) is 81.2 Å². The molecule has 1 amide bonds. The number of rotatable bonds is 5. The van der Waals surface area contributed by atoms with E-state index in [1.807, 2.05) is 24.3 Å². The van der Waals surface area contributed by atoms with Gasteiger partial charge in [0.15, 0.2) is 0 Å². The average molecular weight is 413 g/mol. The molecule has 3 aromatic rings. The van der Waals surface area contributed by atoms with Gasteiger partial charge in [0.05, 0.1) is 11.9 Å². The molecule has 1 saturated heterocycles. The quantitative estimate of drug-likeness (QED) is 0.643. The highest BCUT2D eigenvalue weighted by Crippen LogP contribution is 2.32. The lowest BCUT2D eigenvalue weighted by Gasteiger charge is -2.22. The number of halogens is 1. The molecule has 1 aliphatic heterocycles. The summed E-state index contributed by atoms with van der Waals surface area (Å²) in [5.41, 5.74) is 1.47. The van der Waals surface area contributed by atoms with Gasteiger partial charge in [-0.25, -0.2) is 9.67 Å². The Labute approximate surface area is 172 Å². The third-order valence-corrected chi connectivity index (χ3v) is 5.26. The lowest BCUT2D eigenvalue weighted by Crippen LogP contribution is -2.37. The van der Waals surface area contributed by atoms with Crippen molar-refractivity contribution < 1.29 is 9.21 Å². The largest absolute Gasteiger partial charge is 0.443 e. The van der Waals surface area contributed by atoms with Crippen molar-refractivity contribution in [1.29, 1.82) is 0 Å². The molecular weight excluding hydrogens is 392 g/mol. The van der Waals surface area contributed by atoms with Crippen LogP contribution in [0.15, 0.2) is 51.8 Å². The van der Waals surface area contributed by atoms with Gasteiger partial charge in [0.1, 0.15) is 18.3 Å². The number of aromatic nitrogens is 3. The Morgan fingerprint density at radius 3 is 2.83 bits per heavy atom. The summed E-state index contributed by atoms with van der Waals surface area (Å²) in [5.74, 6) is 1.10. The number of hydrogen-bond acceptors (Lipinski definition) is 5. The fourth-order valence-corrected chi connectivity index (χ4v) is 3.69. The third-order valence-electron chi connectivity index (χ3n) is 5.01. The zero-order valence-electron chi connectivity index (χ0n) is 16.0. The molecule has 1 aromatic carbocycles. The Morgan fingerprint density at radius 1 is 1.24 bits per heavy atom. The number of likely N-dealkylation sites (tertiary alicyclic amines) is 1. The van der Waals surface area contributed by atoms with Crippen LogP contribution < -0.4 is 5.56 Å². The van der Waals surface area contributed by atoms with Crippen LogP contribution in [0.3, 0.4) is 0 Å². The number of carbonyl (C=O) groups is 1. The van der Waals surface area contributed by atoms with Crippen LogP contribution in [0.5, 0.6) is 0 Å². The summed E-state index contributed by atoms with van der Waals surface area (Å²) in [6, 6.07) is 10.4. The van der Waals surface area contributed by atoms with Gasteiger partial charge in [0.2, 0.25) is 11.8 Å². The normalized spacial score (nSPS) is 16.3. The predicted molar refractivity (Wildman–Crippen MR) is 108 cm³/mol. The average Bonchev–Trinajstić information content (AvgIpc) is 3.36. The van der Waals surface area contributed by atoms with E-state index in [9.17, 15) is 9.59 Å². The van der Waals surface area contributed by atoms with Crippen LogP contribution >= 0.6 is 11.6 Å². The van der Waals surface area contributed by atoms with Crippen molar-refractivity contribution in [2.75, 3.05) is 6.54 Å². The number of amides is 1. The summed E-state index contributed by atoms with van der Waals surface area (Å²) in [5, 5.41) is 4.84. The molecule has 29 heavy (non-hydrogen) atoms. The van der Waals surface area contributed by atoms with Gasteiger partial charge >= 0.3 is 0 Å². The summed E-state index contributed by atoms with van der Waals surface area (Å²) in [4.78, 5) is 30.9. The van der Waals surface area contributed by atoms with Gasteiger partial charge in [0.25, 0.3) is 5.56 Å². The maximum atomic E-state index is 12.8. The third kappa shape index (κ3) is 4.40. The smallest absolute Gasteiger partial charge is 0.267 e. The highest BCUT2D eigenvalue weighted by molar-refractivity contribution is 6.30. The fourth-order valence-electron chi connectivity index (χ4n) is 3.57. The summed E-state index contributed by atoms with van der Waals surface area (Å²) in [6.07, 6.45) is 3.95. The number of oxazole rings is 1. The molecule has 4 rings (SSSR count). The Hall–Kier alpha value is -2.93. The molecule has 8 heteroatoms. The van der Waals surface area contributed by atoms with Gasteiger partial charge in [-0.3, -0.25) is 9.59 Å². The van der Waals surface area contributed by atoms with E-state index in [0.29, 0.717) is 29.6 Å². The van der Waals surface area contributed by atoms with Crippen LogP contribution in [0.1, 0.15) is 41.8 Å². The van der Waals surface area contributed by atoms with Gasteiger partial charge in [-0.05, 0) is 43.5 Å². The molecular formula is C21H21ClN4O3. The summed E-state index contributed by atoms with van der Waals surface area (Å²) in [6.45, 7) is 2.31. The Kier molecular flexibility index (Phi) is 5.49. The maximum absolute atomic E-state index is 12.8. The zero-order chi connectivity index (χ0) is 20.4. The van der Waals surface area contributed by atoms with Crippen LogP contribution in [0.2, 0.25) is 5.02 Å². The van der Waals surface area contributed by atoms with Crippen LogP contribution in [0, 0.1) is 6.92 Å². The minimum absolute atomic E-state index is 0.0879. The van der Waals surface area contributed by atoms with Crippen LogP contribution in [-0.2, 0) is 17.8 Å². The molecule has 3 heterocycles. The maximum Gasteiger partial charge on any atom is 0.267 e. The molecule has 0 spiro atoms. The first-order chi connectivity index (χ1) is 14.0. The molecule has 0 unspecified atom stereocenters. The number of nitrogens with zero attached hydrogens (tertiary/aromatic N) is 4. The molecule has 0 aliphatic carbocycles. The van der Waals surface area contributed by atoms with E-state index < -0.39 is 0 Å². The molecule has 2 aromatic heterocycles. The van der Waals surface area contributed by atoms with E-state index in [0.717, 1.165) is 24.2 Å². The first-order valence-electron chi connectivity index (χ1n) is 9.53. The SMILES string of the molecule is Cc1ccc(=O)n(CC(=O)N2CCC[C@@H]2c2ncc(Cc3ccc(Cl)cc3)o2)n1. The van der Waals surface area contributed by atoms with E-state index in [-0.39, 0.29) is 24.1 Å². The van der Waals surface area contributed by atoms with Gasteiger partial charge in [-0.2, -0.15) is 5.10 Å². The van der Waals surface area contributed by atoms with E-state index in [1.54, 1.807) is 24.1 Å². The van der Waals surface area contributed by atoms with Crippen molar-refractivity contribution >= 4 is 17.5 Å². The van der Waals surface area contributed by atoms with Crippen molar-refractivity contribution in [3.05, 3.63) is 80.9 Å². The summed E-state index contributed by atoms with van der Waals surface area (Å²) < 4.78 is 7.16. The molecule has 7 nitrogen and oxygen atoms in total. The fraction of sp³-hybridized carbons (Fsp3) is 0.333. The van der Waals surface area contributed by atoms with Crippen LogP contribution in [0.4, 0.5) is 0 Å². The molecule has 1 fully saturated rings. The molecule has 0 N–H and O–H groups in total. The summed E-state index contributed by atoms with van der Waals surface area (Å²) in [7, 11) is 0. The number of benzene rings is 1. The van der Waals surface area contributed by atoms with Gasteiger partial charge < -0.3 is 9.32 Å². The second-order valence-electron chi connectivity index (χ2n) is 7.18. The van der Waals surface area contributed by atoms with Crippen molar-refractivity contribution in [3.63, 3.8) is 0 Å². The summed E-state index contributed by atoms with van der Waals surface area (Å²) >= 11 is 5.93. The number of aryl methyl sites for hydroxylation is 1. The number of carbonyl (C=O) groups excluding carboxylic acids is 1. The van der Waals surface area contributed by atoms with Crippen LogP contribution in [0.25, 0.3) is 0 Å². The Morgan fingerprint density at radius 2 is 2.03 bits per heavy atom. The van der Waals surface area contributed by atoms with E-state index in [1.165, 1.54) is 10.7 Å². The zero-order valence-corrected chi connectivity index (χ0v) is 16.8. The minimum Gasteiger partial charge on any atom is -0.443 e. The lowest BCUT2D eigenvalue weighted by atomic mass is 10.1. The molecule has 0 radical (unpaired) electrons. The standard InChI is InChI=1S/C21H21ClN4O3/c1-14-4-9-19(27)26(24-14)13-20(28)25-10-2-3-18(25)21-23-12-17(29-21)11-15-5-7-16(22)8-6-15/h4-9,12,18H,2-3,10-11,13H2,1H3/t18-/m1/s1. The van der Waals surface area contributed by atoms with Crippen molar-refractivity contribution in [2.45, 2.75) is 38.8 Å². The van der Waals surface area contributed by atoms with Gasteiger partial charge in [-0.15, -0.1) is 0 Å². The van der Waals surface area contributed by atoms with Crippen molar-refractivity contribution in [1.82, 2.24) is 19.7 Å². The van der Waals surface area contributed by atoms with Crippen molar-refractivity contribution in [3.8, 4) is 0 Å².